The van der Waals surface area contributed by atoms with Gasteiger partial charge in [-0.25, -0.2) is 0 Å². The summed E-state index contributed by atoms with van der Waals surface area (Å²) >= 11 is 0. The predicted molar refractivity (Wildman–Crippen MR) is 12.0 cm³/mol. The molecule has 1 N–H and O–H groups in total. The number of hydrogen-bond donors (Lipinski definition) is 0. The molecular weight excluding hydrogens is 104 g/mol. The van der Waals surface area contributed by atoms with Gasteiger partial charge in [-0.2, -0.15) is 0 Å². The van der Waals surface area contributed by atoms with E-state index in [-0.39, 0.29) is 64.6 Å². The molecule has 0 aromatic rings. The van der Waals surface area contributed by atoms with Gasteiger partial charge in [0.1, 0.15) is 0 Å². The molecule has 0 aliphatic rings. The molecule has 0 fully saturated rings. The van der Waals surface area contributed by atoms with Crippen LogP contribution in [0.2, 0.25) is 0 Å². The van der Waals surface area contributed by atoms with Crippen LogP contribution in [0.1, 0.15) is 0 Å². The largest absolute Gasteiger partial charge is 1.00 e. The summed E-state index contributed by atoms with van der Waals surface area (Å²) in [5.74, 6) is 0. The Morgan fingerprint density at radius 1 is 1.00 bits per heavy atom. The second-order valence-electron chi connectivity index (χ2n) is 0.0894. The zero-order valence-electron chi connectivity index (χ0n) is 3.79. The zero-order chi connectivity index (χ0) is 2.71. The van der Waals surface area contributed by atoms with Crippen LogP contribution in [0.5, 0.6) is 0 Å². The van der Waals surface area contributed by atoms with Crippen LogP contribution in [0.25, 0.3) is 16.0 Å². The van der Waals surface area contributed by atoms with Gasteiger partial charge >= 0.3 is 59.1 Å². The Kier molecular flexibility index (Phi) is 151. The number of nitrogens with zero attached hydrogens (tertiary/aromatic N) is 3. The van der Waals surface area contributed by atoms with Crippen molar-refractivity contribution in [2.75, 3.05) is 0 Å². The van der Waals surface area contributed by atoms with E-state index in [9.17, 15) is 0 Å². The molecule has 4 nitrogen and oxygen atoms in total. The second-order valence-corrected chi connectivity index (χ2v) is 0.0894. The summed E-state index contributed by atoms with van der Waals surface area (Å²) in [6.45, 7) is 0. The average molecular weight is 105 g/mol. The summed E-state index contributed by atoms with van der Waals surface area (Å²) in [7, 11) is 0. The van der Waals surface area contributed by atoms with E-state index < -0.39 is 0 Å². The van der Waals surface area contributed by atoms with Gasteiger partial charge in [0.25, 0.3) is 0 Å². The predicted octanol–water partition coefficient (Wildman–Crippen LogP) is -5.30. The fourth-order valence-corrected chi connectivity index (χ4v) is 0. The van der Waals surface area contributed by atoms with Crippen LogP contribution in [0.15, 0.2) is 0 Å². The van der Waals surface area contributed by atoms with Gasteiger partial charge in [0, 0.05) is 0 Å². The molecule has 0 saturated heterocycles. The van der Waals surface area contributed by atoms with Gasteiger partial charge in [-0.15, -0.1) is 0 Å². The van der Waals surface area contributed by atoms with E-state index in [0.29, 0.717) is 0 Å². The summed E-state index contributed by atoms with van der Waals surface area (Å²) < 4.78 is 0. The number of rotatable bonds is 0. The molecule has 0 saturated carbocycles. The third-order valence-electron chi connectivity index (χ3n) is 0. The van der Waals surface area contributed by atoms with Gasteiger partial charge in [-0.05, 0) is 0 Å². The quantitative estimate of drug-likeness (QED) is 0.131. The van der Waals surface area contributed by atoms with Crippen molar-refractivity contribution < 1.29 is 64.6 Å². The fraction of sp³-hybridized carbons (Fsp3) is 0. The summed E-state index contributed by atoms with van der Waals surface area (Å²) in [6.07, 6.45) is 0. The monoisotopic (exact) mass is 105 g/mol. The Labute approximate surface area is 79.6 Å². The van der Waals surface area contributed by atoms with Crippen LogP contribution in [-0.4, -0.2) is 5.48 Å². The van der Waals surface area contributed by atoms with Crippen LogP contribution in [-0.2, 0) is 0 Å². The van der Waals surface area contributed by atoms with Gasteiger partial charge < -0.3 is 16.5 Å². The van der Waals surface area contributed by atoms with E-state index in [1.165, 1.54) is 4.91 Å². The first-order valence-corrected chi connectivity index (χ1v) is 0.400. The maximum atomic E-state index is 6.75. The van der Waals surface area contributed by atoms with E-state index in [1.807, 2.05) is 0 Å². The average Bonchev–Trinajstić information content (AvgIpc) is 0.918. The number of hydrogen-bond acceptors (Lipinski definition) is 1. The third kappa shape index (κ3) is 59.6. The first kappa shape index (κ1) is 26.7. The van der Waals surface area contributed by atoms with E-state index in [0.717, 1.165) is 0 Å². The standard InChI is InChI=1S/N3.2Na.H2O/c1-3-2;;;/h;;;1H2/q-1;2*+1;/p-1. The van der Waals surface area contributed by atoms with Crippen molar-refractivity contribution in [1.29, 1.82) is 0 Å². The first-order chi connectivity index (χ1) is 1.41. The molecule has 0 aliphatic carbocycles. The molecule has 0 bridgehead atoms. The van der Waals surface area contributed by atoms with Crippen LogP contribution in [0, 0.1) is 0 Å². The molecule has 6 heavy (non-hydrogen) atoms. The van der Waals surface area contributed by atoms with E-state index >= 15 is 0 Å². The molecule has 0 radical (unpaired) electrons. The summed E-state index contributed by atoms with van der Waals surface area (Å²) in [5.41, 5.74) is 13.5. The molecule has 6 heteroatoms. The molecular formula is HN3Na2O. The SMILES string of the molecule is [N-]=[N+]=[N-].[Na+].[Na+].[OH-]. The summed E-state index contributed by atoms with van der Waals surface area (Å²) in [4.78, 5) is 1.50. The molecule has 0 spiro atoms. The van der Waals surface area contributed by atoms with Crippen LogP contribution < -0.4 is 59.1 Å². The van der Waals surface area contributed by atoms with Gasteiger partial charge in [0.15, 0.2) is 0 Å². The van der Waals surface area contributed by atoms with Crippen molar-refractivity contribution >= 4 is 0 Å². The van der Waals surface area contributed by atoms with Crippen molar-refractivity contribution in [2.24, 2.45) is 0 Å². The topological polar surface area (TPSA) is 88.7 Å². The minimum atomic E-state index is 0. The molecule has 24 valence electrons. The third-order valence-corrected chi connectivity index (χ3v) is 0. The smallest absolute Gasteiger partial charge is 0.870 e. The van der Waals surface area contributed by atoms with Gasteiger partial charge in [-0.3, -0.25) is 4.91 Å². The van der Waals surface area contributed by atoms with E-state index in [1.54, 1.807) is 0 Å². The minimum Gasteiger partial charge on any atom is -0.870 e. The molecule has 0 amide bonds. The van der Waals surface area contributed by atoms with E-state index in [2.05, 4.69) is 0 Å². The Balaban J connectivity index is -0.00000000667. The van der Waals surface area contributed by atoms with Crippen molar-refractivity contribution in [3.63, 3.8) is 0 Å². The second kappa shape index (κ2) is 33.8. The van der Waals surface area contributed by atoms with Crippen LogP contribution in [0.3, 0.4) is 0 Å². The van der Waals surface area contributed by atoms with Gasteiger partial charge in [0.05, 0.1) is 0 Å². The Morgan fingerprint density at radius 2 is 1.00 bits per heavy atom. The fourth-order valence-electron chi connectivity index (χ4n) is 0. The maximum absolute atomic E-state index is 6.75. The van der Waals surface area contributed by atoms with E-state index in [4.69, 9.17) is 11.1 Å². The summed E-state index contributed by atoms with van der Waals surface area (Å²) in [5, 5.41) is 0. The van der Waals surface area contributed by atoms with Crippen LogP contribution in [0.4, 0.5) is 0 Å². The molecule has 0 rings (SSSR count). The van der Waals surface area contributed by atoms with Crippen molar-refractivity contribution in [3.8, 4) is 0 Å². The van der Waals surface area contributed by atoms with Crippen molar-refractivity contribution in [3.05, 3.63) is 16.0 Å². The first-order valence-electron chi connectivity index (χ1n) is 0.400. The van der Waals surface area contributed by atoms with Crippen molar-refractivity contribution in [2.45, 2.75) is 0 Å². The maximum Gasteiger partial charge on any atom is 1.00 e. The Hall–Kier alpha value is 1.27. The van der Waals surface area contributed by atoms with Crippen molar-refractivity contribution in [1.82, 2.24) is 0 Å². The minimum absolute atomic E-state index is 0. The summed E-state index contributed by atoms with van der Waals surface area (Å²) in [6, 6.07) is 0. The Morgan fingerprint density at radius 3 is 1.00 bits per heavy atom. The Bertz CT molecular complexity index is 29.8. The molecule has 0 unspecified atom stereocenters. The van der Waals surface area contributed by atoms with Gasteiger partial charge in [-0.1, -0.05) is 0 Å². The van der Waals surface area contributed by atoms with Crippen LogP contribution >= 0.6 is 0 Å². The molecule has 0 aromatic carbocycles. The molecule has 0 aliphatic heterocycles. The zero-order valence-corrected chi connectivity index (χ0v) is 7.79. The normalized spacial score (nSPS) is 1.33. The molecule has 0 heterocycles. The van der Waals surface area contributed by atoms with Gasteiger partial charge in [0.2, 0.25) is 0 Å². The molecule has 0 atom stereocenters. The molecule has 0 aromatic heterocycles.